The molecule has 0 heterocycles. The van der Waals surface area contributed by atoms with Gasteiger partial charge < -0.3 is 10.2 Å². The van der Waals surface area contributed by atoms with Crippen molar-refractivity contribution in [3.05, 3.63) is 66.0 Å². The Labute approximate surface area is 153 Å². The van der Waals surface area contributed by atoms with Crippen molar-refractivity contribution in [2.75, 3.05) is 5.32 Å². The van der Waals surface area contributed by atoms with Crippen LogP contribution in [0.5, 0.6) is 0 Å². The maximum atomic E-state index is 13.2. The van der Waals surface area contributed by atoms with E-state index in [1.165, 1.54) is 24.3 Å². The van der Waals surface area contributed by atoms with Crippen LogP contribution >= 0.6 is 0 Å². The van der Waals surface area contributed by atoms with Crippen molar-refractivity contribution in [1.29, 1.82) is 0 Å². The average molecular weight is 354 g/mol. The molecule has 5 heteroatoms. The van der Waals surface area contributed by atoms with Gasteiger partial charge in [0, 0.05) is 18.3 Å². The zero-order valence-corrected chi connectivity index (χ0v) is 15.0. The molecule has 1 saturated carbocycles. The van der Waals surface area contributed by atoms with Gasteiger partial charge >= 0.3 is 0 Å². The molecule has 1 N–H and O–H groups in total. The minimum absolute atomic E-state index is 0.0150. The van der Waals surface area contributed by atoms with Crippen LogP contribution in [0.15, 0.2) is 54.6 Å². The summed E-state index contributed by atoms with van der Waals surface area (Å²) in [5, 5.41) is 2.76. The van der Waals surface area contributed by atoms with Gasteiger partial charge in [0.2, 0.25) is 11.8 Å². The Bertz CT molecular complexity index is 783. The second-order valence-corrected chi connectivity index (χ2v) is 7.06. The van der Waals surface area contributed by atoms with Crippen molar-refractivity contribution in [2.45, 2.75) is 39.3 Å². The molecule has 1 aliphatic carbocycles. The third kappa shape index (κ3) is 3.77. The van der Waals surface area contributed by atoms with E-state index in [2.05, 4.69) is 5.32 Å². The van der Waals surface area contributed by atoms with Crippen molar-refractivity contribution < 1.29 is 14.0 Å². The zero-order chi connectivity index (χ0) is 18.7. The van der Waals surface area contributed by atoms with E-state index in [0.717, 1.165) is 5.56 Å². The highest BCUT2D eigenvalue weighted by molar-refractivity contribution is 6.13. The number of hydrogen-bond acceptors (Lipinski definition) is 2. The lowest BCUT2D eigenvalue weighted by molar-refractivity contribution is -0.144. The van der Waals surface area contributed by atoms with Crippen LogP contribution in [0.1, 0.15) is 32.3 Å². The van der Waals surface area contributed by atoms with Gasteiger partial charge in [-0.2, -0.15) is 0 Å². The summed E-state index contributed by atoms with van der Waals surface area (Å²) in [7, 11) is 0. The van der Waals surface area contributed by atoms with Crippen molar-refractivity contribution in [3.63, 3.8) is 0 Å². The van der Waals surface area contributed by atoms with Gasteiger partial charge in [-0.3, -0.25) is 9.59 Å². The van der Waals surface area contributed by atoms with Gasteiger partial charge in [0.25, 0.3) is 0 Å². The Morgan fingerprint density at radius 1 is 1.08 bits per heavy atom. The molecule has 1 aliphatic rings. The number of nitrogens with one attached hydrogen (secondary N) is 1. The summed E-state index contributed by atoms with van der Waals surface area (Å²) in [6, 6.07) is 15.3. The molecular weight excluding hydrogens is 331 g/mol. The normalized spacial score (nSPS) is 14.8. The van der Waals surface area contributed by atoms with Crippen LogP contribution in [0.3, 0.4) is 0 Å². The summed E-state index contributed by atoms with van der Waals surface area (Å²) in [6.45, 7) is 4.38. The summed E-state index contributed by atoms with van der Waals surface area (Å²) in [4.78, 5) is 27.7. The molecule has 0 saturated heterocycles. The summed E-state index contributed by atoms with van der Waals surface area (Å²) < 4.78 is 13.0. The van der Waals surface area contributed by atoms with E-state index in [4.69, 9.17) is 0 Å². The van der Waals surface area contributed by atoms with Crippen molar-refractivity contribution in [2.24, 2.45) is 5.41 Å². The SMILES string of the molecule is CC(C)N(Cc1ccccc1)C(=O)C1(C(=O)Nc2ccc(F)cc2)CC1. The number of hydrogen-bond donors (Lipinski definition) is 1. The van der Waals surface area contributed by atoms with Gasteiger partial charge in [-0.15, -0.1) is 0 Å². The zero-order valence-electron chi connectivity index (χ0n) is 15.0. The molecule has 2 amide bonds. The number of carbonyl (C=O) groups excluding carboxylic acids is 2. The lowest BCUT2D eigenvalue weighted by Gasteiger charge is -2.30. The number of anilines is 1. The second-order valence-electron chi connectivity index (χ2n) is 7.06. The average Bonchev–Trinajstić information content (AvgIpc) is 3.44. The molecule has 0 spiro atoms. The minimum atomic E-state index is -1.01. The summed E-state index contributed by atoms with van der Waals surface area (Å²) in [5.74, 6) is -0.821. The number of halogens is 1. The van der Waals surface area contributed by atoms with Gasteiger partial charge in [0.1, 0.15) is 11.2 Å². The Morgan fingerprint density at radius 2 is 1.69 bits per heavy atom. The van der Waals surface area contributed by atoms with Crippen molar-refractivity contribution in [3.8, 4) is 0 Å². The maximum absolute atomic E-state index is 13.2. The van der Waals surface area contributed by atoms with E-state index >= 15 is 0 Å². The lowest BCUT2D eigenvalue weighted by atomic mass is 10.0. The first-order chi connectivity index (χ1) is 12.4. The van der Waals surface area contributed by atoms with Crippen LogP contribution in [0.2, 0.25) is 0 Å². The molecule has 136 valence electrons. The standard InChI is InChI=1S/C21H23FN2O2/c1-15(2)24(14-16-6-4-3-5-7-16)20(26)21(12-13-21)19(25)23-18-10-8-17(22)9-11-18/h3-11,15H,12-14H2,1-2H3,(H,23,25). The monoisotopic (exact) mass is 354 g/mol. The Hall–Kier alpha value is -2.69. The van der Waals surface area contributed by atoms with Crippen LogP contribution in [0.4, 0.5) is 10.1 Å². The fourth-order valence-electron chi connectivity index (χ4n) is 2.99. The highest BCUT2D eigenvalue weighted by Gasteiger charge is 2.58. The summed E-state index contributed by atoms with van der Waals surface area (Å²) >= 11 is 0. The molecule has 4 nitrogen and oxygen atoms in total. The largest absolute Gasteiger partial charge is 0.335 e. The van der Waals surface area contributed by atoms with Crippen LogP contribution < -0.4 is 5.32 Å². The van der Waals surface area contributed by atoms with Gasteiger partial charge in [0.05, 0.1) is 0 Å². The van der Waals surface area contributed by atoms with E-state index in [-0.39, 0.29) is 23.7 Å². The highest BCUT2D eigenvalue weighted by atomic mass is 19.1. The smallest absolute Gasteiger partial charge is 0.240 e. The molecule has 1 fully saturated rings. The van der Waals surface area contributed by atoms with E-state index in [1.807, 2.05) is 44.2 Å². The van der Waals surface area contributed by atoms with Gasteiger partial charge in [-0.1, -0.05) is 30.3 Å². The Morgan fingerprint density at radius 3 is 2.23 bits per heavy atom. The molecule has 0 atom stereocenters. The Balaban J connectivity index is 1.75. The van der Waals surface area contributed by atoms with Gasteiger partial charge in [0.15, 0.2) is 0 Å². The molecule has 0 unspecified atom stereocenters. The third-order valence-electron chi connectivity index (χ3n) is 4.78. The van der Waals surface area contributed by atoms with E-state index in [1.54, 1.807) is 4.90 Å². The molecular formula is C21H23FN2O2. The van der Waals surface area contributed by atoms with Gasteiger partial charge in [-0.05, 0) is 56.5 Å². The first kappa shape index (κ1) is 18.1. The predicted molar refractivity (Wildman–Crippen MR) is 98.8 cm³/mol. The van der Waals surface area contributed by atoms with Crippen molar-refractivity contribution >= 4 is 17.5 Å². The molecule has 0 radical (unpaired) electrons. The molecule has 0 bridgehead atoms. The third-order valence-corrected chi connectivity index (χ3v) is 4.78. The lowest BCUT2D eigenvalue weighted by Crippen LogP contribution is -2.45. The number of rotatable bonds is 6. The second kappa shape index (κ2) is 7.28. The van der Waals surface area contributed by atoms with Crippen LogP contribution in [-0.4, -0.2) is 22.8 Å². The molecule has 0 aliphatic heterocycles. The summed E-state index contributed by atoms with van der Waals surface area (Å²) in [5.41, 5.74) is 0.520. The van der Waals surface area contributed by atoms with E-state index in [9.17, 15) is 14.0 Å². The first-order valence-electron chi connectivity index (χ1n) is 8.84. The minimum Gasteiger partial charge on any atom is -0.335 e. The molecule has 3 rings (SSSR count). The molecule has 2 aromatic carbocycles. The molecule has 0 aromatic heterocycles. The van der Waals surface area contributed by atoms with Crippen LogP contribution in [0.25, 0.3) is 0 Å². The molecule has 26 heavy (non-hydrogen) atoms. The first-order valence-corrected chi connectivity index (χ1v) is 8.84. The maximum Gasteiger partial charge on any atom is 0.240 e. The topological polar surface area (TPSA) is 49.4 Å². The van der Waals surface area contributed by atoms with Gasteiger partial charge in [-0.25, -0.2) is 4.39 Å². The summed E-state index contributed by atoms with van der Waals surface area (Å²) in [6.07, 6.45) is 1.08. The highest BCUT2D eigenvalue weighted by Crippen LogP contribution is 2.48. The predicted octanol–water partition coefficient (Wildman–Crippen LogP) is 3.98. The van der Waals surface area contributed by atoms with Crippen LogP contribution in [-0.2, 0) is 16.1 Å². The van der Waals surface area contributed by atoms with Crippen LogP contribution in [0, 0.1) is 11.2 Å². The quantitative estimate of drug-likeness (QED) is 0.798. The number of benzene rings is 2. The molecule has 2 aromatic rings. The number of nitrogens with zero attached hydrogens (tertiary/aromatic N) is 1. The van der Waals surface area contributed by atoms with E-state index < -0.39 is 5.41 Å². The fraction of sp³-hybridized carbons (Fsp3) is 0.333. The van der Waals surface area contributed by atoms with Crippen molar-refractivity contribution in [1.82, 2.24) is 4.90 Å². The Kier molecular flexibility index (Phi) is 5.07. The van der Waals surface area contributed by atoms with E-state index in [0.29, 0.717) is 25.1 Å². The fourth-order valence-corrected chi connectivity index (χ4v) is 2.99. The number of carbonyl (C=O) groups is 2. The number of amides is 2.